The molecule has 2 heterocycles. The summed E-state index contributed by atoms with van der Waals surface area (Å²) in [5.41, 5.74) is 7.80. The summed E-state index contributed by atoms with van der Waals surface area (Å²) >= 11 is 0. The molecule has 2 aromatic rings. The number of nitrogens with zero attached hydrogens (tertiary/aromatic N) is 4. The second-order valence-electron chi connectivity index (χ2n) is 7.95. The molecule has 1 aliphatic heterocycles. The van der Waals surface area contributed by atoms with Gasteiger partial charge in [-0.3, -0.25) is 9.79 Å². The van der Waals surface area contributed by atoms with Gasteiger partial charge in [-0.25, -0.2) is 4.68 Å². The van der Waals surface area contributed by atoms with Gasteiger partial charge in [-0.05, 0) is 69.5 Å². The fourth-order valence-corrected chi connectivity index (χ4v) is 3.88. The molecule has 1 aromatic carbocycles. The predicted octanol–water partition coefficient (Wildman–Crippen LogP) is 1.56. The molecule has 1 saturated heterocycles. The van der Waals surface area contributed by atoms with Gasteiger partial charge in [0.1, 0.15) is 0 Å². The van der Waals surface area contributed by atoms with Crippen LogP contribution in [0.15, 0.2) is 47.7 Å². The Bertz CT molecular complexity index is 817. The average molecular weight is 426 g/mol. The summed E-state index contributed by atoms with van der Waals surface area (Å²) in [6, 6.07) is 10.4. The third-order valence-corrected chi connectivity index (χ3v) is 5.57. The molecule has 8 nitrogen and oxygen atoms in total. The fraction of sp³-hybridized carbons (Fsp3) is 0.522. The largest absolute Gasteiger partial charge is 0.369 e. The molecule has 0 saturated carbocycles. The minimum absolute atomic E-state index is 0.00449. The number of hydrogen-bond donors (Lipinski definition) is 3. The van der Waals surface area contributed by atoms with E-state index in [9.17, 15) is 4.79 Å². The Morgan fingerprint density at radius 2 is 2.13 bits per heavy atom. The summed E-state index contributed by atoms with van der Waals surface area (Å²) in [5, 5.41) is 11.0. The summed E-state index contributed by atoms with van der Waals surface area (Å²) in [6.07, 6.45) is 7.58. The van der Waals surface area contributed by atoms with E-state index < -0.39 is 0 Å². The molecule has 0 bridgehead atoms. The highest BCUT2D eigenvalue weighted by Crippen LogP contribution is 2.16. The van der Waals surface area contributed by atoms with Crippen LogP contribution >= 0.6 is 0 Å². The Morgan fingerprint density at radius 3 is 2.84 bits per heavy atom. The molecule has 31 heavy (non-hydrogen) atoms. The predicted molar refractivity (Wildman–Crippen MR) is 124 cm³/mol. The molecule has 0 spiro atoms. The highest BCUT2D eigenvalue weighted by molar-refractivity contribution is 5.79. The van der Waals surface area contributed by atoms with Crippen molar-refractivity contribution >= 4 is 11.9 Å². The lowest BCUT2D eigenvalue weighted by atomic mass is 9.97. The molecule has 1 fully saturated rings. The van der Waals surface area contributed by atoms with Crippen LogP contribution in [-0.2, 0) is 11.2 Å². The van der Waals surface area contributed by atoms with Gasteiger partial charge in [0.05, 0.1) is 11.6 Å². The molecule has 0 aliphatic carbocycles. The molecular formula is C23H35N7O. The molecule has 8 heteroatoms. The molecule has 1 amide bonds. The number of carbonyl (C=O) groups is 1. The number of amides is 1. The Morgan fingerprint density at radius 1 is 1.29 bits per heavy atom. The highest BCUT2D eigenvalue weighted by Gasteiger charge is 2.23. The maximum Gasteiger partial charge on any atom is 0.221 e. The van der Waals surface area contributed by atoms with Crippen LogP contribution in [0.3, 0.4) is 0 Å². The number of likely N-dealkylation sites (tertiary alicyclic amines) is 1. The van der Waals surface area contributed by atoms with Gasteiger partial charge < -0.3 is 21.3 Å². The van der Waals surface area contributed by atoms with Gasteiger partial charge in [0, 0.05) is 38.6 Å². The number of benzene rings is 1. The van der Waals surface area contributed by atoms with Crippen molar-refractivity contribution in [1.29, 1.82) is 0 Å². The summed E-state index contributed by atoms with van der Waals surface area (Å²) in [5.74, 6) is 0.687. The molecule has 1 atom stereocenters. The van der Waals surface area contributed by atoms with Crippen LogP contribution in [0, 0.1) is 5.92 Å². The van der Waals surface area contributed by atoms with Crippen LogP contribution in [0.25, 0.3) is 5.69 Å². The van der Waals surface area contributed by atoms with Gasteiger partial charge >= 0.3 is 0 Å². The van der Waals surface area contributed by atoms with Crippen molar-refractivity contribution in [2.75, 3.05) is 39.3 Å². The van der Waals surface area contributed by atoms with E-state index in [1.807, 2.05) is 16.9 Å². The van der Waals surface area contributed by atoms with Crippen molar-refractivity contribution in [3.8, 4) is 5.69 Å². The summed E-state index contributed by atoms with van der Waals surface area (Å²) in [6.45, 7) is 7.27. The Hall–Kier alpha value is -2.87. The third kappa shape index (κ3) is 7.40. The molecular weight excluding hydrogens is 390 g/mol. The highest BCUT2D eigenvalue weighted by atomic mass is 16.1. The number of rotatable bonds is 10. The number of aliphatic imine (C=N–C) groups is 1. The Kier molecular flexibility index (Phi) is 8.90. The first kappa shape index (κ1) is 22.8. The number of hydrogen-bond acceptors (Lipinski definition) is 4. The van der Waals surface area contributed by atoms with Gasteiger partial charge in [-0.2, -0.15) is 5.10 Å². The van der Waals surface area contributed by atoms with E-state index in [0.29, 0.717) is 0 Å². The van der Waals surface area contributed by atoms with Gasteiger partial charge in [0.2, 0.25) is 5.91 Å². The van der Waals surface area contributed by atoms with E-state index in [2.05, 4.69) is 51.8 Å². The van der Waals surface area contributed by atoms with E-state index >= 15 is 0 Å². The monoisotopic (exact) mass is 425 g/mol. The third-order valence-electron chi connectivity index (χ3n) is 5.57. The maximum atomic E-state index is 11.4. The van der Waals surface area contributed by atoms with E-state index in [1.54, 1.807) is 6.20 Å². The second-order valence-corrected chi connectivity index (χ2v) is 7.95. The topological polar surface area (TPSA) is 101 Å². The van der Waals surface area contributed by atoms with E-state index in [-0.39, 0.29) is 11.8 Å². The summed E-state index contributed by atoms with van der Waals surface area (Å²) < 4.78 is 1.86. The SMILES string of the molecule is CCNC(=NCCCN1CCCC(C(N)=O)C1)NCCc1ccc(-n2cccn2)cc1. The van der Waals surface area contributed by atoms with Crippen molar-refractivity contribution in [2.45, 2.75) is 32.6 Å². The molecule has 3 rings (SSSR count). The first-order valence-electron chi connectivity index (χ1n) is 11.3. The minimum Gasteiger partial charge on any atom is -0.369 e. The zero-order valence-corrected chi connectivity index (χ0v) is 18.5. The molecule has 1 aromatic heterocycles. The molecule has 1 unspecified atom stereocenters. The van der Waals surface area contributed by atoms with Crippen molar-refractivity contribution in [3.63, 3.8) is 0 Å². The summed E-state index contributed by atoms with van der Waals surface area (Å²) in [4.78, 5) is 18.4. The molecule has 1 aliphatic rings. The van der Waals surface area contributed by atoms with E-state index in [1.165, 1.54) is 5.56 Å². The van der Waals surface area contributed by atoms with Crippen LogP contribution < -0.4 is 16.4 Å². The molecule has 168 valence electrons. The Labute approximate surface area is 184 Å². The number of guanidine groups is 1. The van der Waals surface area contributed by atoms with Gasteiger partial charge in [0.15, 0.2) is 5.96 Å². The van der Waals surface area contributed by atoms with Crippen LogP contribution in [0.1, 0.15) is 31.7 Å². The van der Waals surface area contributed by atoms with Crippen LogP contribution in [-0.4, -0.2) is 65.8 Å². The first-order chi connectivity index (χ1) is 15.2. The lowest BCUT2D eigenvalue weighted by Gasteiger charge is -2.30. The van der Waals surface area contributed by atoms with E-state index in [4.69, 9.17) is 10.7 Å². The second kappa shape index (κ2) is 12.1. The number of nitrogens with one attached hydrogen (secondary N) is 2. The number of aromatic nitrogens is 2. The molecule has 0 radical (unpaired) electrons. The van der Waals surface area contributed by atoms with Crippen molar-refractivity contribution in [2.24, 2.45) is 16.6 Å². The number of primary amides is 1. The van der Waals surface area contributed by atoms with Gasteiger partial charge in [0.25, 0.3) is 0 Å². The standard InChI is InChI=1S/C23H35N7O/c1-2-25-23(26-12-4-16-29-15-3-6-20(18-29)22(24)31)27-14-11-19-7-9-21(10-8-19)30-17-5-13-28-30/h5,7-10,13,17,20H,2-4,6,11-12,14-16,18H2,1H3,(H2,24,31)(H2,25,26,27). The van der Waals surface area contributed by atoms with Crippen molar-refractivity contribution < 1.29 is 4.79 Å². The first-order valence-corrected chi connectivity index (χ1v) is 11.3. The minimum atomic E-state index is -0.169. The molecule has 4 N–H and O–H groups in total. The van der Waals surface area contributed by atoms with Crippen LogP contribution in [0.2, 0.25) is 0 Å². The zero-order chi connectivity index (χ0) is 21.9. The number of carbonyl (C=O) groups excluding carboxylic acids is 1. The van der Waals surface area contributed by atoms with E-state index in [0.717, 1.165) is 76.6 Å². The fourth-order valence-electron chi connectivity index (χ4n) is 3.88. The van der Waals surface area contributed by atoms with Crippen molar-refractivity contribution in [1.82, 2.24) is 25.3 Å². The lowest BCUT2D eigenvalue weighted by molar-refractivity contribution is -0.123. The van der Waals surface area contributed by atoms with Crippen LogP contribution in [0.4, 0.5) is 0 Å². The Balaban J connectivity index is 1.38. The summed E-state index contributed by atoms with van der Waals surface area (Å²) in [7, 11) is 0. The normalized spacial score (nSPS) is 17.5. The quantitative estimate of drug-likeness (QED) is 0.305. The van der Waals surface area contributed by atoms with Crippen LogP contribution in [0.5, 0.6) is 0 Å². The average Bonchev–Trinajstić information content (AvgIpc) is 3.32. The van der Waals surface area contributed by atoms with Crippen molar-refractivity contribution in [3.05, 3.63) is 48.3 Å². The smallest absolute Gasteiger partial charge is 0.221 e. The van der Waals surface area contributed by atoms with Gasteiger partial charge in [-0.15, -0.1) is 0 Å². The number of piperidine rings is 1. The van der Waals surface area contributed by atoms with Gasteiger partial charge in [-0.1, -0.05) is 12.1 Å². The lowest BCUT2D eigenvalue weighted by Crippen LogP contribution is -2.41. The number of nitrogens with two attached hydrogens (primary N) is 1. The maximum absolute atomic E-state index is 11.4. The zero-order valence-electron chi connectivity index (χ0n) is 18.5.